The first-order valence-corrected chi connectivity index (χ1v) is 6.31. The predicted molar refractivity (Wildman–Crippen MR) is 72.0 cm³/mol. The molecular weight excluding hydrogens is 242 g/mol. The lowest BCUT2D eigenvalue weighted by molar-refractivity contribution is -0.123. The highest BCUT2D eigenvalue weighted by Crippen LogP contribution is 2.24. The maximum Gasteiger partial charge on any atom is 0.408 e. The molecule has 1 aliphatic heterocycles. The fourth-order valence-corrected chi connectivity index (χ4v) is 2.60. The van der Waals surface area contributed by atoms with Crippen LogP contribution in [0.1, 0.15) is 18.4 Å². The van der Waals surface area contributed by atoms with Crippen LogP contribution in [0.25, 0.3) is 0 Å². The summed E-state index contributed by atoms with van der Waals surface area (Å²) in [6.07, 6.45) is 1.64. The highest BCUT2D eigenvalue weighted by atomic mass is 16.4. The Morgan fingerprint density at radius 2 is 2.05 bits per heavy atom. The summed E-state index contributed by atoms with van der Waals surface area (Å²) in [5.74, 6) is 0.100. The third-order valence-electron chi connectivity index (χ3n) is 3.46. The van der Waals surface area contributed by atoms with Crippen molar-refractivity contribution in [3.8, 4) is 0 Å². The van der Waals surface area contributed by atoms with Gasteiger partial charge in [0.1, 0.15) is 5.78 Å². The molecule has 0 radical (unpaired) electrons. The Hall–Kier alpha value is -2.10. The lowest BCUT2D eigenvalue weighted by atomic mass is 9.91. The highest BCUT2D eigenvalue weighted by Gasteiger charge is 2.36. The lowest BCUT2D eigenvalue weighted by Crippen LogP contribution is -2.52. The van der Waals surface area contributed by atoms with E-state index in [9.17, 15) is 14.7 Å². The minimum Gasteiger partial charge on any atom is -0.465 e. The Labute approximate surface area is 112 Å². The van der Waals surface area contributed by atoms with E-state index in [1.54, 1.807) is 6.08 Å². The molecule has 1 aromatic rings. The molecule has 2 unspecified atom stereocenters. The van der Waals surface area contributed by atoms with Gasteiger partial charge in [0.05, 0.1) is 6.04 Å². The number of amides is 1. The Bertz CT molecular complexity index is 483. The number of piperidine rings is 1. The summed E-state index contributed by atoms with van der Waals surface area (Å²) in [6, 6.07) is 8.92. The van der Waals surface area contributed by atoms with E-state index in [0.29, 0.717) is 6.42 Å². The SMILES string of the molecule is C=CC1CC(=O)CC(Cc2ccccc2)N1C(=O)O. The van der Waals surface area contributed by atoms with Crippen molar-refractivity contribution < 1.29 is 14.7 Å². The molecule has 0 aliphatic carbocycles. The van der Waals surface area contributed by atoms with E-state index in [0.717, 1.165) is 5.56 Å². The van der Waals surface area contributed by atoms with Crippen molar-refractivity contribution in [2.24, 2.45) is 0 Å². The predicted octanol–water partition coefficient (Wildman–Crippen LogP) is 2.50. The number of nitrogens with zero attached hydrogens (tertiary/aromatic N) is 1. The quantitative estimate of drug-likeness (QED) is 0.848. The van der Waals surface area contributed by atoms with Crippen LogP contribution in [0, 0.1) is 0 Å². The lowest BCUT2D eigenvalue weighted by Gasteiger charge is -2.38. The number of benzene rings is 1. The van der Waals surface area contributed by atoms with Crippen LogP contribution in [-0.2, 0) is 11.2 Å². The van der Waals surface area contributed by atoms with Gasteiger partial charge in [0.25, 0.3) is 0 Å². The molecule has 100 valence electrons. The van der Waals surface area contributed by atoms with Crippen LogP contribution >= 0.6 is 0 Å². The van der Waals surface area contributed by atoms with Gasteiger partial charge in [0, 0.05) is 18.9 Å². The van der Waals surface area contributed by atoms with Gasteiger partial charge < -0.3 is 5.11 Å². The summed E-state index contributed by atoms with van der Waals surface area (Å²) in [7, 11) is 0. The van der Waals surface area contributed by atoms with Crippen LogP contribution in [0.3, 0.4) is 0 Å². The molecule has 1 aromatic carbocycles. The van der Waals surface area contributed by atoms with Crippen LogP contribution in [0.15, 0.2) is 43.0 Å². The first-order chi connectivity index (χ1) is 9.11. The summed E-state index contributed by atoms with van der Waals surface area (Å²) >= 11 is 0. The molecule has 2 rings (SSSR count). The van der Waals surface area contributed by atoms with E-state index in [2.05, 4.69) is 6.58 Å². The molecule has 1 amide bonds. The van der Waals surface area contributed by atoms with Crippen LogP contribution in [-0.4, -0.2) is 34.0 Å². The molecule has 1 heterocycles. The number of carboxylic acid groups (broad SMARTS) is 1. The van der Waals surface area contributed by atoms with Crippen molar-refractivity contribution in [3.63, 3.8) is 0 Å². The minimum absolute atomic E-state index is 0.100. The Kier molecular flexibility index (Phi) is 4.00. The van der Waals surface area contributed by atoms with Gasteiger partial charge in [-0.15, -0.1) is 6.58 Å². The van der Waals surface area contributed by atoms with Gasteiger partial charge in [-0.2, -0.15) is 0 Å². The number of likely N-dealkylation sites (tertiary alicyclic amines) is 1. The largest absolute Gasteiger partial charge is 0.465 e. The maximum atomic E-state index is 11.7. The highest BCUT2D eigenvalue weighted by molar-refractivity contribution is 5.83. The first kappa shape index (κ1) is 13.3. The summed E-state index contributed by atoms with van der Waals surface area (Å²) in [6.45, 7) is 3.64. The average Bonchev–Trinajstić information content (AvgIpc) is 2.38. The van der Waals surface area contributed by atoms with Gasteiger partial charge in [-0.3, -0.25) is 9.69 Å². The van der Waals surface area contributed by atoms with E-state index in [1.807, 2.05) is 30.3 Å². The molecule has 0 spiro atoms. The number of rotatable bonds is 3. The second-order valence-electron chi connectivity index (χ2n) is 4.78. The van der Waals surface area contributed by atoms with Gasteiger partial charge >= 0.3 is 6.09 Å². The molecule has 4 nitrogen and oxygen atoms in total. The standard InChI is InChI=1S/C15H17NO3/c1-2-12-9-14(17)10-13(16(12)15(18)19)8-11-6-4-3-5-7-11/h2-7,12-13H,1,8-10H2,(H,18,19). The molecule has 1 N–H and O–H groups in total. The van der Waals surface area contributed by atoms with Crippen molar-refractivity contribution in [1.82, 2.24) is 4.90 Å². The Balaban J connectivity index is 2.21. The van der Waals surface area contributed by atoms with Gasteiger partial charge in [-0.25, -0.2) is 4.79 Å². The van der Waals surface area contributed by atoms with E-state index < -0.39 is 12.1 Å². The smallest absolute Gasteiger partial charge is 0.408 e. The zero-order valence-electron chi connectivity index (χ0n) is 10.7. The molecular formula is C15H17NO3. The molecule has 1 fully saturated rings. The number of hydrogen-bond acceptors (Lipinski definition) is 2. The number of ketones is 1. The molecule has 19 heavy (non-hydrogen) atoms. The molecule has 0 aromatic heterocycles. The Morgan fingerprint density at radius 1 is 1.37 bits per heavy atom. The maximum absolute atomic E-state index is 11.7. The first-order valence-electron chi connectivity index (χ1n) is 6.31. The van der Waals surface area contributed by atoms with Gasteiger partial charge in [0.2, 0.25) is 0 Å². The monoisotopic (exact) mass is 259 g/mol. The molecule has 0 bridgehead atoms. The number of carbonyl (C=O) groups is 2. The van der Waals surface area contributed by atoms with E-state index in [4.69, 9.17) is 0 Å². The third-order valence-corrected chi connectivity index (χ3v) is 3.46. The van der Waals surface area contributed by atoms with Crippen molar-refractivity contribution in [2.45, 2.75) is 31.3 Å². The molecule has 1 aliphatic rings. The fraction of sp³-hybridized carbons (Fsp3) is 0.333. The van der Waals surface area contributed by atoms with Gasteiger partial charge in [-0.1, -0.05) is 36.4 Å². The zero-order valence-corrected chi connectivity index (χ0v) is 10.7. The van der Waals surface area contributed by atoms with Crippen molar-refractivity contribution in [3.05, 3.63) is 48.6 Å². The average molecular weight is 259 g/mol. The number of carbonyl (C=O) groups excluding carboxylic acids is 1. The number of Topliss-reactive ketones (excluding diaryl/α,β-unsaturated/α-hetero) is 1. The topological polar surface area (TPSA) is 57.6 Å². The fourth-order valence-electron chi connectivity index (χ4n) is 2.60. The summed E-state index contributed by atoms with van der Waals surface area (Å²) in [5.41, 5.74) is 1.04. The molecule has 4 heteroatoms. The van der Waals surface area contributed by atoms with Crippen molar-refractivity contribution in [1.29, 1.82) is 0 Å². The summed E-state index contributed by atoms with van der Waals surface area (Å²) < 4.78 is 0. The van der Waals surface area contributed by atoms with Crippen LogP contribution in [0.4, 0.5) is 4.79 Å². The van der Waals surface area contributed by atoms with Crippen molar-refractivity contribution >= 4 is 11.9 Å². The molecule has 0 saturated carbocycles. The number of hydrogen-bond donors (Lipinski definition) is 1. The third kappa shape index (κ3) is 3.02. The van der Waals surface area contributed by atoms with Gasteiger partial charge in [0.15, 0.2) is 0 Å². The van der Waals surface area contributed by atoms with Gasteiger partial charge in [-0.05, 0) is 12.0 Å². The summed E-state index contributed by atoms with van der Waals surface area (Å²) in [5, 5.41) is 9.34. The minimum atomic E-state index is -0.988. The normalized spacial score (nSPS) is 23.2. The van der Waals surface area contributed by atoms with E-state index in [-0.39, 0.29) is 24.7 Å². The van der Waals surface area contributed by atoms with Crippen LogP contribution in [0.5, 0.6) is 0 Å². The van der Waals surface area contributed by atoms with E-state index >= 15 is 0 Å². The van der Waals surface area contributed by atoms with E-state index in [1.165, 1.54) is 4.90 Å². The van der Waals surface area contributed by atoms with Crippen LogP contribution < -0.4 is 0 Å². The molecule has 1 saturated heterocycles. The second-order valence-corrected chi connectivity index (χ2v) is 4.78. The Morgan fingerprint density at radius 3 is 2.63 bits per heavy atom. The molecule has 2 atom stereocenters. The van der Waals surface area contributed by atoms with Crippen molar-refractivity contribution in [2.75, 3.05) is 0 Å². The zero-order chi connectivity index (χ0) is 13.8. The van der Waals surface area contributed by atoms with Crippen LogP contribution in [0.2, 0.25) is 0 Å². The second kappa shape index (κ2) is 5.69. The summed E-state index contributed by atoms with van der Waals surface area (Å²) in [4.78, 5) is 24.5.